The molecular weight excluding hydrogens is 419 g/mol. The van der Waals surface area contributed by atoms with Crippen LogP contribution in [0.2, 0.25) is 5.02 Å². The van der Waals surface area contributed by atoms with Crippen LogP contribution in [0.5, 0.6) is 0 Å². The van der Waals surface area contributed by atoms with E-state index >= 15 is 0 Å². The average molecular weight is 436 g/mol. The predicted molar refractivity (Wildman–Crippen MR) is 104 cm³/mol. The van der Waals surface area contributed by atoms with Crippen LogP contribution in [0.15, 0.2) is 53.1 Å². The summed E-state index contributed by atoms with van der Waals surface area (Å²) in [4.78, 5) is 19.0. The van der Waals surface area contributed by atoms with Gasteiger partial charge in [-0.2, -0.15) is 18.2 Å². The van der Waals surface area contributed by atoms with Gasteiger partial charge in [0.05, 0.1) is 5.56 Å². The molecule has 1 aliphatic heterocycles. The molecule has 9 heteroatoms. The Morgan fingerprint density at radius 1 is 1.13 bits per heavy atom. The Labute approximate surface area is 175 Å². The van der Waals surface area contributed by atoms with Crippen molar-refractivity contribution in [1.82, 2.24) is 15.0 Å². The highest BCUT2D eigenvalue weighted by atomic mass is 35.5. The van der Waals surface area contributed by atoms with Gasteiger partial charge in [0.2, 0.25) is 11.7 Å². The number of likely N-dealkylation sites (tertiary alicyclic amines) is 1. The summed E-state index contributed by atoms with van der Waals surface area (Å²) >= 11 is 6.01. The van der Waals surface area contributed by atoms with Crippen molar-refractivity contribution < 1.29 is 22.5 Å². The van der Waals surface area contributed by atoms with Crippen molar-refractivity contribution in [3.63, 3.8) is 0 Å². The quantitative estimate of drug-likeness (QED) is 0.523. The lowest BCUT2D eigenvalue weighted by Gasteiger charge is -2.33. The normalized spacial score (nSPS) is 17.2. The lowest BCUT2D eigenvalue weighted by molar-refractivity contribution is -0.137. The van der Waals surface area contributed by atoms with Crippen LogP contribution in [0.25, 0.3) is 11.4 Å². The molecule has 0 bridgehead atoms. The minimum absolute atomic E-state index is 0.0219. The van der Waals surface area contributed by atoms with Crippen molar-refractivity contribution in [3.05, 3.63) is 70.6 Å². The molecule has 156 valence electrons. The van der Waals surface area contributed by atoms with E-state index in [-0.39, 0.29) is 11.5 Å². The minimum atomic E-state index is -4.52. The first kappa shape index (κ1) is 20.4. The van der Waals surface area contributed by atoms with Crippen LogP contribution in [-0.2, 0) is 6.18 Å². The van der Waals surface area contributed by atoms with E-state index in [1.165, 1.54) is 17.0 Å². The molecule has 1 aromatic heterocycles. The maximum atomic E-state index is 13.0. The summed E-state index contributed by atoms with van der Waals surface area (Å²) < 4.78 is 44.5. The van der Waals surface area contributed by atoms with E-state index in [9.17, 15) is 18.0 Å². The molecule has 3 aromatic rings. The van der Waals surface area contributed by atoms with Crippen molar-refractivity contribution >= 4 is 17.5 Å². The van der Waals surface area contributed by atoms with Gasteiger partial charge in [0.15, 0.2) is 0 Å². The topological polar surface area (TPSA) is 59.2 Å². The smallest absolute Gasteiger partial charge is 0.337 e. The molecular formula is C21H17ClF3N3O2. The van der Waals surface area contributed by atoms with E-state index in [0.717, 1.165) is 25.0 Å². The number of hydrogen-bond acceptors (Lipinski definition) is 4. The number of piperidine rings is 1. The summed E-state index contributed by atoms with van der Waals surface area (Å²) in [7, 11) is 0. The first-order valence-electron chi connectivity index (χ1n) is 9.41. The third-order valence-corrected chi connectivity index (χ3v) is 5.25. The number of nitrogens with zero attached hydrogens (tertiary/aromatic N) is 3. The molecule has 1 unspecified atom stereocenters. The zero-order chi connectivity index (χ0) is 21.3. The van der Waals surface area contributed by atoms with Gasteiger partial charge in [-0.1, -0.05) is 35.0 Å². The minimum Gasteiger partial charge on any atom is -0.337 e. The molecule has 4 rings (SSSR count). The van der Waals surface area contributed by atoms with Gasteiger partial charge >= 0.3 is 6.18 Å². The fraction of sp³-hybridized carbons (Fsp3) is 0.286. The zero-order valence-electron chi connectivity index (χ0n) is 15.7. The third-order valence-electron chi connectivity index (χ3n) is 5.01. The summed E-state index contributed by atoms with van der Waals surface area (Å²) in [5.41, 5.74) is -0.210. The molecule has 0 radical (unpaired) electrons. The Kier molecular flexibility index (Phi) is 5.51. The number of hydrogen-bond donors (Lipinski definition) is 0. The number of carbonyl (C=O) groups excluding carboxylic acids is 1. The Morgan fingerprint density at radius 2 is 1.93 bits per heavy atom. The van der Waals surface area contributed by atoms with Crippen molar-refractivity contribution in [2.45, 2.75) is 31.5 Å². The van der Waals surface area contributed by atoms with Gasteiger partial charge in [0, 0.05) is 22.7 Å². The number of halogens is 4. The van der Waals surface area contributed by atoms with Crippen LogP contribution in [0, 0.1) is 0 Å². The molecule has 0 aliphatic carbocycles. The highest BCUT2D eigenvalue weighted by molar-refractivity contribution is 6.30. The molecule has 30 heavy (non-hydrogen) atoms. The molecule has 1 fully saturated rings. The van der Waals surface area contributed by atoms with E-state index < -0.39 is 23.7 Å². The number of alkyl halides is 3. The Bertz CT molecular complexity index is 1070. The van der Waals surface area contributed by atoms with Crippen LogP contribution < -0.4 is 0 Å². The summed E-state index contributed by atoms with van der Waals surface area (Å²) in [6, 6.07) is 10.9. The second-order valence-electron chi connectivity index (χ2n) is 7.06. The highest BCUT2D eigenvalue weighted by Gasteiger charge is 2.35. The number of carbonyl (C=O) groups is 1. The van der Waals surface area contributed by atoms with Crippen molar-refractivity contribution in [2.75, 3.05) is 6.54 Å². The van der Waals surface area contributed by atoms with E-state index in [2.05, 4.69) is 10.1 Å². The summed E-state index contributed by atoms with van der Waals surface area (Å²) in [5.74, 6) is 0.0999. The van der Waals surface area contributed by atoms with Gasteiger partial charge in [-0.3, -0.25) is 4.79 Å². The van der Waals surface area contributed by atoms with Crippen molar-refractivity contribution in [3.8, 4) is 11.4 Å². The number of rotatable bonds is 3. The molecule has 0 saturated carbocycles. The van der Waals surface area contributed by atoms with Gasteiger partial charge in [0.25, 0.3) is 5.91 Å². The standard InChI is InChI=1S/C21H17ClF3N3O2/c22-16-8-4-5-13(12-16)18-26-19(30-27-18)17-9-1-2-10-28(17)20(29)14-6-3-7-15(11-14)21(23,24)25/h3-8,11-12,17H,1-2,9-10H2. The summed E-state index contributed by atoms with van der Waals surface area (Å²) in [6.45, 7) is 0.397. The maximum Gasteiger partial charge on any atom is 0.416 e. The van der Waals surface area contributed by atoms with Gasteiger partial charge in [0.1, 0.15) is 6.04 Å². The Hall–Kier alpha value is -2.87. The lowest BCUT2D eigenvalue weighted by atomic mass is 10.00. The van der Waals surface area contributed by atoms with E-state index in [1.54, 1.807) is 24.3 Å². The molecule has 1 aliphatic rings. The molecule has 1 atom stereocenters. The van der Waals surface area contributed by atoms with Gasteiger partial charge in [-0.05, 0) is 49.6 Å². The molecule has 2 aromatic carbocycles. The molecule has 0 N–H and O–H groups in total. The second-order valence-corrected chi connectivity index (χ2v) is 7.49. The van der Waals surface area contributed by atoms with Crippen LogP contribution in [0.1, 0.15) is 47.1 Å². The SMILES string of the molecule is O=C(c1cccc(C(F)(F)F)c1)N1CCCCC1c1nc(-c2cccc(Cl)c2)no1. The second kappa shape index (κ2) is 8.10. The molecule has 1 saturated heterocycles. The molecule has 5 nitrogen and oxygen atoms in total. The fourth-order valence-corrected chi connectivity index (χ4v) is 3.73. The first-order valence-corrected chi connectivity index (χ1v) is 9.78. The fourth-order valence-electron chi connectivity index (χ4n) is 3.54. The number of aromatic nitrogens is 2. The summed E-state index contributed by atoms with van der Waals surface area (Å²) in [6.07, 6.45) is -2.35. The molecule has 0 spiro atoms. The molecule has 1 amide bonds. The highest BCUT2D eigenvalue weighted by Crippen LogP contribution is 2.34. The number of benzene rings is 2. The van der Waals surface area contributed by atoms with Crippen LogP contribution in [0.3, 0.4) is 0 Å². The van der Waals surface area contributed by atoms with Crippen LogP contribution in [0.4, 0.5) is 13.2 Å². The van der Waals surface area contributed by atoms with Gasteiger partial charge in [-0.15, -0.1) is 0 Å². The van der Waals surface area contributed by atoms with Crippen molar-refractivity contribution in [1.29, 1.82) is 0 Å². The van der Waals surface area contributed by atoms with Crippen molar-refractivity contribution in [2.24, 2.45) is 0 Å². The average Bonchev–Trinajstić information content (AvgIpc) is 3.23. The van der Waals surface area contributed by atoms with Crippen LogP contribution in [-0.4, -0.2) is 27.5 Å². The van der Waals surface area contributed by atoms with Crippen LogP contribution >= 0.6 is 11.6 Å². The first-order chi connectivity index (χ1) is 14.3. The van der Waals surface area contributed by atoms with E-state index in [0.29, 0.717) is 29.4 Å². The summed E-state index contributed by atoms with van der Waals surface area (Å²) in [5, 5.41) is 4.51. The Morgan fingerprint density at radius 3 is 2.70 bits per heavy atom. The molecule has 2 heterocycles. The lowest BCUT2D eigenvalue weighted by Crippen LogP contribution is -2.38. The van der Waals surface area contributed by atoms with E-state index in [1.807, 2.05) is 0 Å². The number of amides is 1. The largest absolute Gasteiger partial charge is 0.416 e. The maximum absolute atomic E-state index is 13.0. The predicted octanol–water partition coefficient (Wildman–Crippen LogP) is 5.78. The van der Waals surface area contributed by atoms with E-state index in [4.69, 9.17) is 16.1 Å². The Balaban J connectivity index is 1.62. The third kappa shape index (κ3) is 4.18. The van der Waals surface area contributed by atoms with Gasteiger partial charge in [-0.25, -0.2) is 0 Å². The zero-order valence-corrected chi connectivity index (χ0v) is 16.5. The van der Waals surface area contributed by atoms with Gasteiger partial charge < -0.3 is 9.42 Å². The monoisotopic (exact) mass is 435 g/mol.